The highest BCUT2D eigenvalue weighted by molar-refractivity contribution is 5.20. The number of aliphatic hydroxyl groups excluding tert-OH is 2. The van der Waals surface area contributed by atoms with E-state index in [4.69, 9.17) is 0 Å². The van der Waals surface area contributed by atoms with Gasteiger partial charge < -0.3 is 15.5 Å². The Morgan fingerprint density at radius 1 is 0.923 bits per heavy atom. The number of nitrogens with one attached hydrogen (secondary N) is 1. The van der Waals surface area contributed by atoms with Crippen molar-refractivity contribution in [1.29, 1.82) is 0 Å². The first-order chi connectivity index (χ1) is 6.27. The van der Waals surface area contributed by atoms with Crippen molar-refractivity contribution in [3.05, 3.63) is 0 Å². The van der Waals surface area contributed by atoms with Crippen LogP contribution in [0.15, 0.2) is 0 Å². The Bertz CT molecular complexity index is 262. The van der Waals surface area contributed by atoms with Gasteiger partial charge in [0.15, 0.2) is 0 Å². The minimum atomic E-state index is -0.122. The molecular weight excluding hydrogens is 166 g/mol. The molecule has 8 atom stereocenters. The van der Waals surface area contributed by atoms with Gasteiger partial charge in [-0.3, -0.25) is 0 Å². The smallest absolute Gasteiger partial charge is 0.0727 e. The fourth-order valence-electron chi connectivity index (χ4n) is 4.72. The van der Waals surface area contributed by atoms with E-state index in [1.165, 1.54) is 0 Å². The highest BCUT2D eigenvalue weighted by atomic mass is 16.3. The van der Waals surface area contributed by atoms with E-state index in [9.17, 15) is 10.2 Å². The van der Waals surface area contributed by atoms with E-state index >= 15 is 0 Å². The molecule has 4 fully saturated rings. The molecule has 0 unspecified atom stereocenters. The summed E-state index contributed by atoms with van der Waals surface area (Å²) in [5, 5.41) is 23.4. The van der Waals surface area contributed by atoms with Crippen LogP contribution in [0.5, 0.6) is 0 Å². The lowest BCUT2D eigenvalue weighted by Gasteiger charge is -2.41. The van der Waals surface area contributed by atoms with Gasteiger partial charge in [-0.15, -0.1) is 0 Å². The molecule has 72 valence electrons. The summed E-state index contributed by atoms with van der Waals surface area (Å²) < 4.78 is 0. The lowest BCUT2D eigenvalue weighted by atomic mass is 9.76. The first-order valence-corrected chi connectivity index (χ1v) is 5.39. The Morgan fingerprint density at radius 2 is 1.77 bits per heavy atom. The molecule has 3 nitrogen and oxygen atoms in total. The van der Waals surface area contributed by atoms with Crippen LogP contribution in [-0.2, 0) is 0 Å². The molecule has 4 bridgehead atoms. The number of hydrogen-bond donors (Lipinski definition) is 3. The van der Waals surface area contributed by atoms with Crippen LogP contribution < -0.4 is 5.32 Å². The maximum absolute atomic E-state index is 9.97. The third kappa shape index (κ3) is 0.602. The second-order valence-corrected chi connectivity index (χ2v) is 5.32. The first-order valence-electron chi connectivity index (χ1n) is 5.39. The molecule has 0 spiro atoms. The Labute approximate surface area is 77.1 Å². The summed E-state index contributed by atoms with van der Waals surface area (Å²) in [6.45, 7) is 0. The zero-order valence-corrected chi connectivity index (χ0v) is 7.43. The molecule has 13 heavy (non-hydrogen) atoms. The highest BCUT2D eigenvalue weighted by Crippen LogP contribution is 2.61. The molecule has 1 heterocycles. The molecule has 1 aliphatic heterocycles. The van der Waals surface area contributed by atoms with Crippen LogP contribution in [0.2, 0.25) is 0 Å². The minimum Gasteiger partial charge on any atom is -0.391 e. The lowest BCUT2D eigenvalue weighted by molar-refractivity contribution is -0.0276. The Hall–Kier alpha value is -0.120. The third-order valence-corrected chi connectivity index (χ3v) is 5.09. The Morgan fingerprint density at radius 3 is 2.62 bits per heavy atom. The molecule has 0 aromatic rings. The number of hydrogen-bond acceptors (Lipinski definition) is 3. The van der Waals surface area contributed by atoms with Gasteiger partial charge in [-0.2, -0.15) is 0 Å². The first kappa shape index (κ1) is 7.21. The molecule has 1 saturated heterocycles. The molecule has 0 aromatic heterocycles. The number of rotatable bonds is 0. The van der Waals surface area contributed by atoms with Gasteiger partial charge in [-0.1, -0.05) is 0 Å². The molecule has 4 rings (SSSR count). The van der Waals surface area contributed by atoms with Crippen LogP contribution in [0.3, 0.4) is 0 Å². The van der Waals surface area contributed by atoms with Crippen LogP contribution in [-0.4, -0.2) is 34.5 Å². The van der Waals surface area contributed by atoms with Crippen molar-refractivity contribution in [2.75, 3.05) is 0 Å². The number of piperidine rings is 1. The van der Waals surface area contributed by atoms with Crippen LogP contribution in [0.25, 0.3) is 0 Å². The van der Waals surface area contributed by atoms with Gasteiger partial charge in [0.1, 0.15) is 0 Å². The van der Waals surface area contributed by atoms with Gasteiger partial charge in [0, 0.05) is 12.1 Å². The molecule has 3 saturated carbocycles. The molecule has 3 N–H and O–H groups in total. The average molecular weight is 181 g/mol. The molecule has 3 heteroatoms. The van der Waals surface area contributed by atoms with Crippen LogP contribution in [0.1, 0.15) is 12.8 Å². The van der Waals surface area contributed by atoms with Crippen molar-refractivity contribution in [2.24, 2.45) is 23.7 Å². The summed E-state index contributed by atoms with van der Waals surface area (Å²) in [6, 6.07) is 0.596. The van der Waals surface area contributed by atoms with E-state index in [2.05, 4.69) is 5.32 Å². The zero-order valence-electron chi connectivity index (χ0n) is 7.43. The minimum absolute atomic E-state index is 0.122. The highest BCUT2D eigenvalue weighted by Gasteiger charge is 2.67. The van der Waals surface area contributed by atoms with Crippen molar-refractivity contribution < 1.29 is 10.2 Å². The topological polar surface area (TPSA) is 52.5 Å². The summed E-state index contributed by atoms with van der Waals surface area (Å²) in [4.78, 5) is 0. The number of aliphatic hydroxyl groups is 2. The molecule has 0 radical (unpaired) electrons. The summed E-state index contributed by atoms with van der Waals surface area (Å²) in [5.41, 5.74) is 0. The van der Waals surface area contributed by atoms with Crippen molar-refractivity contribution in [3.63, 3.8) is 0 Å². The van der Waals surface area contributed by atoms with Gasteiger partial charge in [-0.25, -0.2) is 0 Å². The van der Waals surface area contributed by atoms with E-state index in [0.29, 0.717) is 29.7 Å². The fourth-order valence-corrected chi connectivity index (χ4v) is 4.72. The quantitative estimate of drug-likeness (QED) is 0.465. The van der Waals surface area contributed by atoms with Crippen LogP contribution >= 0.6 is 0 Å². The fraction of sp³-hybridized carbons (Fsp3) is 1.00. The van der Waals surface area contributed by atoms with E-state index in [-0.39, 0.29) is 18.2 Å². The molecule has 4 aliphatic rings. The standard InChI is InChI=1S/C10H15NO2/c12-9-4-1-5-7-3(4)2-6(10(7)13)11-8(5)9/h3-13H,1-2H2/t3-,4-,5+,6-,7+,8-,9+,10-/m0/s1. The van der Waals surface area contributed by atoms with Gasteiger partial charge in [0.25, 0.3) is 0 Å². The monoisotopic (exact) mass is 181 g/mol. The lowest BCUT2D eigenvalue weighted by Crippen LogP contribution is -2.58. The predicted molar refractivity (Wildman–Crippen MR) is 45.9 cm³/mol. The van der Waals surface area contributed by atoms with E-state index in [1.54, 1.807) is 0 Å². The second-order valence-electron chi connectivity index (χ2n) is 5.32. The maximum Gasteiger partial charge on any atom is 0.0727 e. The SMILES string of the molecule is O[C@@H]1[C@H]2C[C@H]3[C@@H]1N[C@H]1C[C@@H]2[C@H]3[C@H]1O. The Balaban J connectivity index is 1.85. The predicted octanol–water partition coefficient (Wildman–Crippen LogP) is -0.666. The number of fused-ring (bicyclic) bond motifs is 3. The zero-order chi connectivity index (χ0) is 8.74. The van der Waals surface area contributed by atoms with Gasteiger partial charge >= 0.3 is 0 Å². The summed E-state index contributed by atoms with van der Waals surface area (Å²) >= 11 is 0. The van der Waals surface area contributed by atoms with Crippen molar-refractivity contribution >= 4 is 0 Å². The summed E-state index contributed by atoms with van der Waals surface area (Å²) in [6.07, 6.45) is 2.01. The van der Waals surface area contributed by atoms with Crippen LogP contribution in [0.4, 0.5) is 0 Å². The molecule has 3 aliphatic carbocycles. The second kappa shape index (κ2) is 1.95. The van der Waals surface area contributed by atoms with Crippen molar-refractivity contribution in [1.82, 2.24) is 5.32 Å². The molecule has 0 aromatic carbocycles. The average Bonchev–Trinajstić information content (AvgIpc) is 2.60. The maximum atomic E-state index is 9.97. The van der Waals surface area contributed by atoms with Crippen LogP contribution in [0, 0.1) is 23.7 Å². The van der Waals surface area contributed by atoms with Gasteiger partial charge in [0.2, 0.25) is 0 Å². The normalized spacial score (nSPS) is 72.5. The third-order valence-electron chi connectivity index (χ3n) is 5.09. The van der Waals surface area contributed by atoms with Crippen molar-refractivity contribution in [2.45, 2.75) is 37.1 Å². The molecule has 0 amide bonds. The summed E-state index contributed by atoms with van der Waals surface area (Å²) in [5.74, 6) is 2.20. The van der Waals surface area contributed by atoms with Gasteiger partial charge in [-0.05, 0) is 36.5 Å². The van der Waals surface area contributed by atoms with E-state index in [0.717, 1.165) is 12.8 Å². The molecular formula is C10H15NO2. The van der Waals surface area contributed by atoms with E-state index < -0.39 is 0 Å². The van der Waals surface area contributed by atoms with Gasteiger partial charge in [0.05, 0.1) is 12.2 Å². The van der Waals surface area contributed by atoms with E-state index in [1.807, 2.05) is 0 Å². The van der Waals surface area contributed by atoms with Crippen molar-refractivity contribution in [3.8, 4) is 0 Å². The largest absolute Gasteiger partial charge is 0.391 e. The summed E-state index contributed by atoms with van der Waals surface area (Å²) in [7, 11) is 0. The Kier molecular flexibility index (Phi) is 1.08.